The summed E-state index contributed by atoms with van der Waals surface area (Å²) in [5.41, 5.74) is 1.82. The smallest absolute Gasteiger partial charge is 0.360 e. The average Bonchev–Trinajstić information content (AvgIpc) is 2.63. The van der Waals surface area contributed by atoms with Gasteiger partial charge in [0.05, 0.1) is 5.56 Å². The van der Waals surface area contributed by atoms with E-state index in [4.69, 9.17) is 0 Å². The van der Waals surface area contributed by atoms with E-state index < -0.39 is 17.6 Å². The van der Waals surface area contributed by atoms with Crippen molar-refractivity contribution in [3.05, 3.63) is 70.9 Å². The number of halogens is 3. The van der Waals surface area contributed by atoms with Crippen molar-refractivity contribution in [2.45, 2.75) is 26.4 Å². The van der Waals surface area contributed by atoms with Crippen LogP contribution in [-0.2, 0) is 17.4 Å². The minimum atomic E-state index is -4.42. The monoisotopic (exact) mass is 373 g/mol. The molecule has 0 aliphatic rings. The van der Waals surface area contributed by atoms with E-state index in [2.05, 4.69) is 10.6 Å². The standard InChI is InChI=1S/C20H18F3N3O/c1-3-14-6-4-5-13(2)18(14)26-19(27)15(11-24)12-25-17-9-7-16(8-10-17)20(21,22)23/h4-10,12,25H,3H2,1-2H3,(H,26,27)/b15-12-. The third-order valence-corrected chi connectivity index (χ3v) is 3.94. The molecule has 2 N–H and O–H groups in total. The average molecular weight is 373 g/mol. The van der Waals surface area contributed by atoms with Gasteiger partial charge in [0, 0.05) is 17.6 Å². The fraction of sp³-hybridized carbons (Fsp3) is 0.200. The van der Waals surface area contributed by atoms with Crippen LogP contribution in [0, 0.1) is 18.3 Å². The van der Waals surface area contributed by atoms with Crippen molar-refractivity contribution in [3.63, 3.8) is 0 Å². The van der Waals surface area contributed by atoms with E-state index in [1.54, 1.807) is 6.07 Å². The quantitative estimate of drug-likeness (QED) is 0.570. The molecule has 0 atom stereocenters. The highest BCUT2D eigenvalue weighted by Crippen LogP contribution is 2.29. The molecule has 7 heteroatoms. The first kappa shape index (κ1) is 20.0. The van der Waals surface area contributed by atoms with Crippen LogP contribution in [0.15, 0.2) is 54.2 Å². The first-order valence-corrected chi connectivity index (χ1v) is 8.20. The number of nitriles is 1. The second-order valence-electron chi connectivity index (χ2n) is 5.81. The molecule has 0 aromatic heterocycles. The molecule has 140 valence electrons. The molecule has 0 spiro atoms. The van der Waals surface area contributed by atoms with Gasteiger partial charge in [-0.15, -0.1) is 0 Å². The third-order valence-electron chi connectivity index (χ3n) is 3.94. The van der Waals surface area contributed by atoms with Crippen molar-refractivity contribution in [3.8, 4) is 6.07 Å². The zero-order valence-electron chi connectivity index (χ0n) is 14.8. The number of anilines is 2. The number of carbonyl (C=O) groups excluding carboxylic acids is 1. The SMILES string of the molecule is CCc1cccc(C)c1NC(=O)/C(C#N)=C\Nc1ccc(C(F)(F)F)cc1. The largest absolute Gasteiger partial charge is 0.416 e. The van der Waals surface area contributed by atoms with Gasteiger partial charge < -0.3 is 10.6 Å². The lowest BCUT2D eigenvalue weighted by Gasteiger charge is -2.12. The maximum absolute atomic E-state index is 12.6. The van der Waals surface area contributed by atoms with E-state index in [0.717, 1.165) is 23.3 Å². The molecule has 0 saturated heterocycles. The van der Waals surface area contributed by atoms with Crippen LogP contribution in [0.3, 0.4) is 0 Å². The first-order valence-electron chi connectivity index (χ1n) is 8.20. The molecule has 2 rings (SSSR count). The van der Waals surface area contributed by atoms with Gasteiger partial charge in [0.25, 0.3) is 5.91 Å². The number of nitrogens with one attached hydrogen (secondary N) is 2. The number of aryl methyl sites for hydroxylation is 2. The molecule has 0 fully saturated rings. The Hall–Kier alpha value is -3.27. The van der Waals surface area contributed by atoms with E-state index in [9.17, 15) is 23.2 Å². The summed E-state index contributed by atoms with van der Waals surface area (Å²) < 4.78 is 37.7. The van der Waals surface area contributed by atoms with Crippen LogP contribution < -0.4 is 10.6 Å². The number of benzene rings is 2. The molecule has 0 saturated carbocycles. The van der Waals surface area contributed by atoms with Crippen LogP contribution in [0.1, 0.15) is 23.6 Å². The molecule has 0 unspecified atom stereocenters. The van der Waals surface area contributed by atoms with Gasteiger partial charge in [0.1, 0.15) is 11.6 Å². The molecule has 0 bridgehead atoms. The van der Waals surface area contributed by atoms with Crippen LogP contribution in [-0.4, -0.2) is 5.91 Å². The summed E-state index contributed by atoms with van der Waals surface area (Å²) in [5.74, 6) is -0.596. The van der Waals surface area contributed by atoms with Gasteiger partial charge in [-0.05, 0) is 48.7 Å². The van der Waals surface area contributed by atoms with Crippen LogP contribution in [0.2, 0.25) is 0 Å². The summed E-state index contributed by atoms with van der Waals surface area (Å²) in [6.45, 7) is 3.81. The Kier molecular flexibility index (Phi) is 6.24. The predicted molar refractivity (Wildman–Crippen MR) is 97.9 cm³/mol. The second-order valence-corrected chi connectivity index (χ2v) is 5.81. The maximum Gasteiger partial charge on any atom is 0.416 e. The van der Waals surface area contributed by atoms with Crippen molar-refractivity contribution in [2.24, 2.45) is 0 Å². The Morgan fingerprint density at radius 1 is 1.19 bits per heavy atom. The van der Waals surface area contributed by atoms with Crippen molar-refractivity contribution in [1.82, 2.24) is 0 Å². The van der Waals surface area contributed by atoms with Crippen molar-refractivity contribution in [2.75, 3.05) is 10.6 Å². The number of hydrogen-bond donors (Lipinski definition) is 2. The number of alkyl halides is 3. The highest BCUT2D eigenvalue weighted by Gasteiger charge is 2.29. The van der Waals surface area contributed by atoms with Crippen molar-refractivity contribution < 1.29 is 18.0 Å². The molecule has 0 heterocycles. The van der Waals surface area contributed by atoms with Crippen LogP contribution in [0.4, 0.5) is 24.5 Å². The van der Waals surface area contributed by atoms with Crippen LogP contribution >= 0.6 is 0 Å². The van der Waals surface area contributed by atoms with Crippen LogP contribution in [0.5, 0.6) is 0 Å². The summed E-state index contributed by atoms with van der Waals surface area (Å²) in [6, 6.07) is 11.7. The summed E-state index contributed by atoms with van der Waals surface area (Å²) >= 11 is 0. The second kappa shape index (κ2) is 8.41. The highest BCUT2D eigenvalue weighted by atomic mass is 19.4. The Balaban J connectivity index is 2.15. The van der Waals surface area contributed by atoms with E-state index in [1.165, 1.54) is 18.3 Å². The Morgan fingerprint density at radius 2 is 1.85 bits per heavy atom. The zero-order valence-corrected chi connectivity index (χ0v) is 14.8. The van der Waals surface area contributed by atoms with Gasteiger partial charge in [0.2, 0.25) is 0 Å². The fourth-order valence-electron chi connectivity index (χ4n) is 2.44. The molecule has 4 nitrogen and oxygen atoms in total. The summed E-state index contributed by atoms with van der Waals surface area (Å²) in [7, 11) is 0. The van der Waals surface area contributed by atoms with Gasteiger partial charge >= 0.3 is 6.18 Å². The number of amides is 1. The van der Waals surface area contributed by atoms with E-state index >= 15 is 0 Å². The highest BCUT2D eigenvalue weighted by molar-refractivity contribution is 6.07. The van der Waals surface area contributed by atoms with Gasteiger partial charge in [-0.1, -0.05) is 25.1 Å². The molecule has 2 aromatic rings. The topological polar surface area (TPSA) is 64.9 Å². The lowest BCUT2D eigenvalue weighted by atomic mass is 10.1. The maximum atomic E-state index is 12.6. The molecule has 1 amide bonds. The number of rotatable bonds is 5. The molecular weight excluding hydrogens is 355 g/mol. The van der Waals surface area contributed by atoms with Gasteiger partial charge in [0.15, 0.2) is 0 Å². The minimum Gasteiger partial charge on any atom is -0.360 e. The summed E-state index contributed by atoms with van der Waals surface area (Å²) in [4.78, 5) is 12.4. The van der Waals surface area contributed by atoms with Crippen molar-refractivity contribution >= 4 is 17.3 Å². The molecule has 0 aliphatic heterocycles. The lowest BCUT2D eigenvalue weighted by Crippen LogP contribution is -2.16. The number of para-hydroxylation sites is 1. The number of carbonyl (C=O) groups is 1. The Bertz CT molecular complexity index is 894. The van der Waals surface area contributed by atoms with Gasteiger partial charge in [-0.25, -0.2) is 0 Å². The predicted octanol–water partition coefficient (Wildman–Crippen LogP) is 5.03. The molecular formula is C20H18F3N3O. The first-order chi connectivity index (χ1) is 12.8. The molecule has 0 aliphatic carbocycles. The normalized spacial score (nSPS) is 11.6. The van der Waals surface area contributed by atoms with E-state index in [0.29, 0.717) is 17.8 Å². The van der Waals surface area contributed by atoms with E-state index in [-0.39, 0.29) is 5.57 Å². The Labute approximate surface area is 155 Å². The summed E-state index contributed by atoms with van der Waals surface area (Å²) in [6.07, 6.45) is -2.54. The van der Waals surface area contributed by atoms with Gasteiger partial charge in [-0.3, -0.25) is 4.79 Å². The molecule has 0 radical (unpaired) electrons. The molecule has 2 aromatic carbocycles. The third kappa shape index (κ3) is 5.11. The minimum absolute atomic E-state index is 0.194. The van der Waals surface area contributed by atoms with E-state index in [1.807, 2.05) is 32.0 Å². The fourth-order valence-corrected chi connectivity index (χ4v) is 2.44. The Morgan fingerprint density at radius 3 is 2.41 bits per heavy atom. The van der Waals surface area contributed by atoms with Crippen LogP contribution in [0.25, 0.3) is 0 Å². The van der Waals surface area contributed by atoms with Crippen molar-refractivity contribution in [1.29, 1.82) is 5.26 Å². The summed E-state index contributed by atoms with van der Waals surface area (Å²) in [5, 5.41) is 14.6. The number of hydrogen-bond acceptors (Lipinski definition) is 3. The number of nitrogens with zero attached hydrogens (tertiary/aromatic N) is 1. The molecule has 27 heavy (non-hydrogen) atoms. The zero-order chi connectivity index (χ0) is 20.0. The van der Waals surface area contributed by atoms with Gasteiger partial charge in [-0.2, -0.15) is 18.4 Å². The lowest BCUT2D eigenvalue weighted by molar-refractivity contribution is -0.137.